The average molecular weight is 346 g/mol. The van der Waals surface area contributed by atoms with E-state index in [4.69, 9.17) is 0 Å². The molecule has 25 heavy (non-hydrogen) atoms. The van der Waals surface area contributed by atoms with Crippen LogP contribution in [0.4, 0.5) is 21.5 Å². The van der Waals surface area contributed by atoms with Crippen LogP contribution in [0.25, 0.3) is 0 Å². The summed E-state index contributed by atoms with van der Waals surface area (Å²) in [5.74, 6) is -0.279. The quantitative estimate of drug-likeness (QED) is 0.369. The number of halogens is 1. The minimum Gasteiger partial charge on any atom is -0.618 e. The molecule has 3 rings (SSSR count). The first-order valence-electron chi connectivity index (χ1n) is 8.02. The van der Waals surface area contributed by atoms with Gasteiger partial charge >= 0.3 is 5.69 Å². The molecule has 1 fully saturated rings. The summed E-state index contributed by atoms with van der Waals surface area (Å²) >= 11 is 0. The van der Waals surface area contributed by atoms with Crippen molar-refractivity contribution in [2.75, 3.05) is 36.0 Å². The maximum atomic E-state index is 13.0. The van der Waals surface area contributed by atoms with Gasteiger partial charge in [0.25, 0.3) is 5.69 Å². The molecule has 0 N–H and O–H groups in total. The normalized spacial score (nSPS) is 14.7. The SMILES string of the molecule is Cc1cc(N2CCN(c3ccc(F)cc3)CC2)c([N+](=O)[O-])c(C)[n+]1[O-]. The Bertz CT molecular complexity index is 803. The number of anilines is 2. The van der Waals surface area contributed by atoms with Gasteiger partial charge in [0.05, 0.1) is 4.92 Å². The fourth-order valence-corrected chi connectivity index (χ4v) is 3.20. The molecule has 1 saturated heterocycles. The van der Waals surface area contributed by atoms with E-state index < -0.39 is 4.92 Å². The second-order valence-corrected chi connectivity index (χ2v) is 6.11. The number of hydrogen-bond donors (Lipinski definition) is 0. The first kappa shape index (κ1) is 16.9. The van der Waals surface area contributed by atoms with Crippen LogP contribution in [-0.2, 0) is 0 Å². The molecule has 1 aliphatic heterocycles. The lowest BCUT2D eigenvalue weighted by Crippen LogP contribution is -2.47. The van der Waals surface area contributed by atoms with Gasteiger partial charge in [-0.05, 0) is 24.3 Å². The molecular weight excluding hydrogens is 327 g/mol. The second kappa shape index (κ2) is 6.54. The Morgan fingerprint density at radius 1 is 1.08 bits per heavy atom. The molecule has 132 valence electrons. The predicted molar refractivity (Wildman–Crippen MR) is 92.4 cm³/mol. The Hall–Kier alpha value is -2.90. The van der Waals surface area contributed by atoms with E-state index in [2.05, 4.69) is 4.90 Å². The Kier molecular flexibility index (Phi) is 4.43. The number of aryl methyl sites for hydroxylation is 1. The van der Waals surface area contributed by atoms with Gasteiger partial charge in [0, 0.05) is 51.8 Å². The van der Waals surface area contributed by atoms with Crippen LogP contribution in [0.1, 0.15) is 11.4 Å². The van der Waals surface area contributed by atoms with Gasteiger partial charge in [0.2, 0.25) is 0 Å². The average Bonchev–Trinajstić information content (AvgIpc) is 2.60. The number of nitrogens with zero attached hydrogens (tertiary/aromatic N) is 4. The molecule has 1 aromatic heterocycles. The number of nitro groups is 1. The zero-order chi connectivity index (χ0) is 18.1. The van der Waals surface area contributed by atoms with Crippen LogP contribution < -0.4 is 14.5 Å². The molecule has 7 nitrogen and oxygen atoms in total. The minimum atomic E-state index is -0.495. The minimum absolute atomic E-state index is 0.0981. The van der Waals surface area contributed by atoms with Crippen molar-refractivity contribution < 1.29 is 14.0 Å². The Morgan fingerprint density at radius 2 is 1.64 bits per heavy atom. The van der Waals surface area contributed by atoms with E-state index >= 15 is 0 Å². The molecule has 0 unspecified atom stereocenters. The fraction of sp³-hybridized carbons (Fsp3) is 0.353. The van der Waals surface area contributed by atoms with Crippen molar-refractivity contribution in [3.63, 3.8) is 0 Å². The van der Waals surface area contributed by atoms with Crippen molar-refractivity contribution in [3.8, 4) is 0 Å². The zero-order valence-corrected chi connectivity index (χ0v) is 14.1. The Balaban J connectivity index is 1.83. The third-order valence-electron chi connectivity index (χ3n) is 4.55. The second-order valence-electron chi connectivity index (χ2n) is 6.11. The van der Waals surface area contributed by atoms with Crippen molar-refractivity contribution in [2.24, 2.45) is 0 Å². The molecule has 0 saturated carbocycles. The summed E-state index contributed by atoms with van der Waals surface area (Å²) in [6.07, 6.45) is 0. The van der Waals surface area contributed by atoms with Gasteiger partial charge in [-0.15, -0.1) is 0 Å². The predicted octanol–water partition coefficient (Wildman–Crippen LogP) is 2.31. The number of pyridine rings is 1. The summed E-state index contributed by atoms with van der Waals surface area (Å²) in [6, 6.07) is 7.87. The zero-order valence-electron chi connectivity index (χ0n) is 14.1. The summed E-state index contributed by atoms with van der Waals surface area (Å²) in [7, 11) is 0. The van der Waals surface area contributed by atoms with Crippen LogP contribution in [0, 0.1) is 35.0 Å². The van der Waals surface area contributed by atoms with Gasteiger partial charge in [-0.2, -0.15) is 4.73 Å². The van der Waals surface area contributed by atoms with E-state index in [1.165, 1.54) is 19.1 Å². The summed E-state index contributed by atoms with van der Waals surface area (Å²) in [5, 5.41) is 23.4. The van der Waals surface area contributed by atoms with Gasteiger partial charge in [-0.25, -0.2) is 4.39 Å². The van der Waals surface area contributed by atoms with Crippen molar-refractivity contribution in [3.05, 3.63) is 62.9 Å². The summed E-state index contributed by atoms with van der Waals surface area (Å²) < 4.78 is 13.6. The van der Waals surface area contributed by atoms with E-state index in [1.807, 2.05) is 4.90 Å². The number of hydrogen-bond acceptors (Lipinski definition) is 5. The summed E-state index contributed by atoms with van der Waals surface area (Å²) in [5.41, 5.74) is 1.79. The maximum Gasteiger partial charge on any atom is 0.359 e. The largest absolute Gasteiger partial charge is 0.618 e. The molecule has 0 bridgehead atoms. The van der Waals surface area contributed by atoms with Crippen molar-refractivity contribution in [1.82, 2.24) is 0 Å². The molecule has 1 aliphatic rings. The van der Waals surface area contributed by atoms with E-state index in [0.29, 0.717) is 42.3 Å². The maximum absolute atomic E-state index is 13.0. The number of aromatic nitrogens is 1. The van der Waals surface area contributed by atoms with Gasteiger partial charge in [0.15, 0.2) is 5.69 Å². The molecule has 2 heterocycles. The smallest absolute Gasteiger partial charge is 0.359 e. The highest BCUT2D eigenvalue weighted by atomic mass is 19.1. The van der Waals surface area contributed by atoms with Crippen LogP contribution in [0.3, 0.4) is 0 Å². The highest BCUT2D eigenvalue weighted by molar-refractivity contribution is 5.65. The van der Waals surface area contributed by atoms with E-state index in [1.54, 1.807) is 25.1 Å². The Labute approximate surface area is 144 Å². The molecule has 1 aromatic carbocycles. The van der Waals surface area contributed by atoms with Crippen LogP contribution >= 0.6 is 0 Å². The molecule has 0 aliphatic carbocycles. The Morgan fingerprint density at radius 3 is 2.20 bits per heavy atom. The fourth-order valence-electron chi connectivity index (χ4n) is 3.20. The van der Waals surface area contributed by atoms with E-state index in [-0.39, 0.29) is 17.2 Å². The number of piperazine rings is 1. The monoisotopic (exact) mass is 346 g/mol. The molecule has 0 amide bonds. The van der Waals surface area contributed by atoms with E-state index in [9.17, 15) is 19.7 Å². The van der Waals surface area contributed by atoms with Crippen LogP contribution in [0.15, 0.2) is 30.3 Å². The van der Waals surface area contributed by atoms with E-state index in [0.717, 1.165) is 5.69 Å². The van der Waals surface area contributed by atoms with Crippen molar-refractivity contribution >= 4 is 17.1 Å². The van der Waals surface area contributed by atoms with Gasteiger partial charge in [0.1, 0.15) is 11.5 Å². The van der Waals surface area contributed by atoms with Crippen LogP contribution in [0.5, 0.6) is 0 Å². The topological polar surface area (TPSA) is 76.6 Å². The third-order valence-corrected chi connectivity index (χ3v) is 4.55. The lowest BCUT2D eigenvalue weighted by atomic mass is 10.1. The lowest BCUT2D eigenvalue weighted by molar-refractivity contribution is -0.623. The molecular formula is C17H19FN4O3. The molecule has 0 radical (unpaired) electrons. The highest BCUT2D eigenvalue weighted by Gasteiger charge is 2.31. The van der Waals surface area contributed by atoms with Gasteiger partial charge in [-0.3, -0.25) is 10.1 Å². The molecule has 8 heteroatoms. The molecule has 2 aromatic rings. The molecule has 0 spiro atoms. The highest BCUT2D eigenvalue weighted by Crippen LogP contribution is 2.31. The van der Waals surface area contributed by atoms with Gasteiger partial charge in [-0.1, -0.05) is 0 Å². The molecule has 0 atom stereocenters. The first-order valence-corrected chi connectivity index (χ1v) is 8.02. The third kappa shape index (κ3) is 3.19. The van der Waals surface area contributed by atoms with Gasteiger partial charge < -0.3 is 15.0 Å². The van der Waals surface area contributed by atoms with Crippen LogP contribution in [-0.4, -0.2) is 31.1 Å². The number of rotatable bonds is 3. The summed E-state index contributed by atoms with van der Waals surface area (Å²) in [6.45, 7) is 5.60. The summed E-state index contributed by atoms with van der Waals surface area (Å²) in [4.78, 5) is 15.0. The van der Waals surface area contributed by atoms with Crippen molar-refractivity contribution in [1.29, 1.82) is 0 Å². The first-order chi connectivity index (χ1) is 11.9. The van der Waals surface area contributed by atoms with Crippen LogP contribution in [0.2, 0.25) is 0 Å². The standard InChI is InChI=1S/C17H19FN4O3/c1-12-11-16(17(22(24)25)13(2)21(12)23)20-9-7-19(8-10-20)15-5-3-14(18)4-6-15/h3-6,11H,7-10H2,1-2H3. The number of benzene rings is 1. The van der Waals surface area contributed by atoms with Crippen molar-refractivity contribution in [2.45, 2.75) is 13.8 Å². The lowest BCUT2D eigenvalue weighted by Gasteiger charge is -2.37.